The molecule has 0 saturated carbocycles. The molecule has 3 N–H and O–H groups in total. The van der Waals surface area contributed by atoms with Crippen LogP contribution in [0.4, 0.5) is 5.69 Å². The SMILES string of the molecule is CCN(CCn1cc[n+](C)c1)c1ccc(C2=C3NC=C4C=C(O)c5c[nH]c(c5C43)C2=O)cc1. The molecule has 166 valence electrons. The maximum Gasteiger partial charge on any atom is 0.243 e. The Morgan fingerprint density at radius 1 is 1.24 bits per heavy atom. The molecule has 2 aromatic heterocycles. The molecule has 0 bridgehead atoms. The first kappa shape index (κ1) is 19.7. The van der Waals surface area contributed by atoms with Crippen molar-refractivity contribution >= 4 is 22.8 Å². The number of aryl methyl sites for hydroxylation is 1. The number of Topliss-reactive ketones (excluding diaryl/α,β-unsaturated/α-hetero) is 1. The number of aliphatic hydroxyl groups is 1. The topological polar surface area (TPSA) is 77.2 Å². The minimum atomic E-state index is -0.0421. The van der Waals surface area contributed by atoms with Gasteiger partial charge in [0.2, 0.25) is 12.1 Å². The number of rotatable bonds is 6. The minimum absolute atomic E-state index is 0.0417. The lowest BCUT2D eigenvalue weighted by Crippen LogP contribution is -2.28. The number of H-pyrrole nitrogens is 1. The third-order valence-corrected chi connectivity index (χ3v) is 6.88. The van der Waals surface area contributed by atoms with E-state index in [-0.39, 0.29) is 17.5 Å². The van der Waals surface area contributed by atoms with E-state index in [1.807, 2.05) is 36.1 Å². The molecule has 0 spiro atoms. The van der Waals surface area contributed by atoms with E-state index < -0.39 is 0 Å². The summed E-state index contributed by atoms with van der Waals surface area (Å²) >= 11 is 0. The van der Waals surface area contributed by atoms with Gasteiger partial charge in [-0.1, -0.05) is 12.1 Å². The zero-order valence-electron chi connectivity index (χ0n) is 18.7. The van der Waals surface area contributed by atoms with Gasteiger partial charge in [-0.2, -0.15) is 0 Å². The molecule has 7 heteroatoms. The van der Waals surface area contributed by atoms with Crippen LogP contribution in [0.25, 0.3) is 11.3 Å². The molecule has 1 unspecified atom stereocenters. The lowest BCUT2D eigenvalue weighted by Gasteiger charge is -2.28. The van der Waals surface area contributed by atoms with Crippen molar-refractivity contribution in [3.8, 4) is 0 Å². The van der Waals surface area contributed by atoms with E-state index >= 15 is 0 Å². The Bertz CT molecular complexity index is 1370. The van der Waals surface area contributed by atoms with Gasteiger partial charge in [0, 0.05) is 41.5 Å². The van der Waals surface area contributed by atoms with E-state index in [1.165, 1.54) is 0 Å². The van der Waals surface area contributed by atoms with E-state index in [4.69, 9.17) is 0 Å². The second kappa shape index (κ2) is 7.27. The number of anilines is 1. The fourth-order valence-electron chi connectivity index (χ4n) is 5.23. The van der Waals surface area contributed by atoms with Gasteiger partial charge in [0.15, 0.2) is 0 Å². The van der Waals surface area contributed by atoms with E-state index in [1.54, 1.807) is 12.3 Å². The summed E-state index contributed by atoms with van der Waals surface area (Å²) < 4.78 is 4.22. The number of hydrogen-bond donors (Lipinski definition) is 3. The number of aromatic amines is 1. The van der Waals surface area contributed by atoms with Crippen molar-refractivity contribution in [1.82, 2.24) is 14.9 Å². The maximum atomic E-state index is 13.5. The Kier molecular flexibility index (Phi) is 4.33. The van der Waals surface area contributed by atoms with Crippen LogP contribution >= 0.6 is 0 Å². The largest absolute Gasteiger partial charge is 0.507 e. The van der Waals surface area contributed by atoms with Crippen LogP contribution in [0.5, 0.6) is 0 Å². The van der Waals surface area contributed by atoms with E-state index in [0.29, 0.717) is 16.8 Å². The number of aromatic nitrogens is 3. The average Bonchev–Trinajstić information content (AvgIpc) is 3.54. The number of carbonyl (C=O) groups excluding carboxylic acids is 1. The molecule has 3 heterocycles. The lowest BCUT2D eigenvalue weighted by molar-refractivity contribution is -0.671. The number of carbonyl (C=O) groups is 1. The summed E-state index contributed by atoms with van der Waals surface area (Å²) in [6.45, 7) is 4.87. The number of aliphatic hydroxyl groups excluding tert-OH is 1. The van der Waals surface area contributed by atoms with Gasteiger partial charge in [0.25, 0.3) is 0 Å². The van der Waals surface area contributed by atoms with Crippen molar-refractivity contribution < 1.29 is 14.5 Å². The zero-order chi connectivity index (χ0) is 22.7. The highest BCUT2D eigenvalue weighted by Gasteiger charge is 2.43. The Balaban J connectivity index is 1.30. The van der Waals surface area contributed by atoms with E-state index in [0.717, 1.165) is 47.7 Å². The van der Waals surface area contributed by atoms with Crippen LogP contribution in [-0.4, -0.2) is 33.5 Å². The van der Waals surface area contributed by atoms with Crippen LogP contribution in [-0.2, 0) is 13.6 Å². The Morgan fingerprint density at radius 2 is 2.06 bits per heavy atom. The number of nitrogens with zero attached hydrogens (tertiary/aromatic N) is 3. The summed E-state index contributed by atoms with van der Waals surface area (Å²) in [5, 5.41) is 13.7. The van der Waals surface area contributed by atoms with Gasteiger partial charge in [0.1, 0.15) is 24.7 Å². The zero-order valence-corrected chi connectivity index (χ0v) is 18.7. The predicted molar refractivity (Wildman–Crippen MR) is 127 cm³/mol. The third-order valence-electron chi connectivity index (χ3n) is 6.88. The number of nitrogens with one attached hydrogen (secondary N) is 2. The molecule has 1 aliphatic heterocycles. The standard InChI is InChI=1S/C26H25N5O2/c1-3-31(11-10-30-9-8-29(2)15-30)18-6-4-16(5-7-18)22-24-21-17(13-27-24)12-20(32)19-14-28-25(23(19)21)26(22)33/h4-9,12-15,21H,3,10-11H2,1-2H3,(H2-,27,28,32,33)/p+1. The minimum Gasteiger partial charge on any atom is -0.507 e. The monoisotopic (exact) mass is 440 g/mol. The highest BCUT2D eigenvalue weighted by molar-refractivity contribution is 6.31. The van der Waals surface area contributed by atoms with Crippen molar-refractivity contribution in [2.24, 2.45) is 7.05 Å². The second-order valence-corrected chi connectivity index (χ2v) is 8.80. The number of likely N-dealkylation sites (N-methyl/N-ethyl adjacent to an activating group) is 1. The summed E-state index contributed by atoms with van der Waals surface area (Å²) in [7, 11) is 2.02. The number of allylic oxidation sites excluding steroid dienone is 3. The van der Waals surface area contributed by atoms with Gasteiger partial charge in [-0.15, -0.1) is 0 Å². The first-order valence-corrected chi connectivity index (χ1v) is 11.3. The van der Waals surface area contributed by atoms with Crippen LogP contribution in [0.3, 0.4) is 0 Å². The van der Waals surface area contributed by atoms with Gasteiger partial charge in [0.05, 0.1) is 30.8 Å². The molecule has 1 aromatic carbocycles. The molecule has 0 amide bonds. The van der Waals surface area contributed by atoms with Crippen LogP contribution in [0.2, 0.25) is 0 Å². The molecule has 0 radical (unpaired) electrons. The van der Waals surface area contributed by atoms with Crippen molar-refractivity contribution in [3.05, 3.63) is 95.1 Å². The smallest absolute Gasteiger partial charge is 0.243 e. The summed E-state index contributed by atoms with van der Waals surface area (Å²) in [6.07, 6.45) is 11.6. The Morgan fingerprint density at radius 3 is 2.79 bits per heavy atom. The molecule has 0 saturated heterocycles. The summed E-state index contributed by atoms with van der Waals surface area (Å²) in [5.41, 5.74) is 6.76. The van der Waals surface area contributed by atoms with Gasteiger partial charge in [-0.25, -0.2) is 9.13 Å². The highest BCUT2D eigenvalue weighted by atomic mass is 16.3. The molecular formula is C26H26N5O2+. The average molecular weight is 441 g/mol. The summed E-state index contributed by atoms with van der Waals surface area (Å²) in [6, 6.07) is 8.28. The molecule has 2 aliphatic carbocycles. The molecular weight excluding hydrogens is 414 g/mol. The maximum absolute atomic E-state index is 13.5. The highest BCUT2D eigenvalue weighted by Crippen LogP contribution is 2.50. The van der Waals surface area contributed by atoms with Crippen molar-refractivity contribution in [3.63, 3.8) is 0 Å². The fourth-order valence-corrected chi connectivity index (χ4v) is 5.23. The van der Waals surface area contributed by atoms with E-state index in [2.05, 4.69) is 51.3 Å². The van der Waals surface area contributed by atoms with Gasteiger partial charge in [-0.3, -0.25) is 4.79 Å². The molecule has 1 atom stereocenters. The number of imidazole rings is 1. The predicted octanol–water partition coefficient (Wildman–Crippen LogP) is 3.26. The molecule has 3 aromatic rings. The number of ketones is 1. The first-order chi connectivity index (χ1) is 16.0. The quantitative estimate of drug-likeness (QED) is 0.515. The van der Waals surface area contributed by atoms with Crippen LogP contribution < -0.4 is 14.8 Å². The summed E-state index contributed by atoms with van der Waals surface area (Å²) in [4.78, 5) is 18.9. The van der Waals surface area contributed by atoms with Crippen molar-refractivity contribution in [1.29, 1.82) is 0 Å². The first-order valence-electron chi connectivity index (χ1n) is 11.3. The van der Waals surface area contributed by atoms with Crippen molar-refractivity contribution in [2.75, 3.05) is 18.0 Å². The van der Waals surface area contributed by atoms with Gasteiger partial charge in [-0.05, 0) is 36.3 Å². The van der Waals surface area contributed by atoms with E-state index in [9.17, 15) is 9.90 Å². The second-order valence-electron chi connectivity index (χ2n) is 8.80. The lowest BCUT2D eigenvalue weighted by atomic mass is 9.75. The molecule has 6 rings (SSSR count). The van der Waals surface area contributed by atoms with Crippen LogP contribution in [0.15, 0.2) is 72.7 Å². The number of hydrogen-bond acceptors (Lipinski definition) is 4. The molecule has 0 fully saturated rings. The van der Waals surface area contributed by atoms with Crippen molar-refractivity contribution in [2.45, 2.75) is 19.4 Å². The third kappa shape index (κ3) is 2.96. The van der Waals surface area contributed by atoms with Gasteiger partial charge < -0.3 is 20.3 Å². The Hall–Kier alpha value is -4.00. The van der Waals surface area contributed by atoms with Crippen LogP contribution in [0.1, 0.15) is 40.0 Å². The normalized spacial score (nSPS) is 18.1. The van der Waals surface area contributed by atoms with Gasteiger partial charge >= 0.3 is 0 Å². The molecule has 7 nitrogen and oxygen atoms in total. The molecule has 3 aliphatic rings. The number of benzene rings is 1. The van der Waals surface area contributed by atoms with Crippen LogP contribution in [0, 0.1) is 0 Å². The Labute approximate surface area is 192 Å². The molecule has 33 heavy (non-hydrogen) atoms. The fraction of sp³-hybridized carbons (Fsp3) is 0.231. The summed E-state index contributed by atoms with van der Waals surface area (Å²) in [5.74, 6) is 0.117.